The number of H-pyrrole nitrogens is 1. The molecule has 1 heterocycles. The van der Waals surface area contributed by atoms with Gasteiger partial charge in [0.25, 0.3) is 0 Å². The molecule has 1 atom stereocenters. The predicted molar refractivity (Wildman–Crippen MR) is 84.5 cm³/mol. The van der Waals surface area contributed by atoms with Gasteiger partial charge in [-0.2, -0.15) is 0 Å². The Hall–Kier alpha value is -2.28. The molecule has 2 rings (SSSR count). The van der Waals surface area contributed by atoms with Crippen molar-refractivity contribution in [2.75, 3.05) is 5.75 Å². The predicted octanol–water partition coefficient (Wildman–Crippen LogP) is 1.45. The van der Waals surface area contributed by atoms with Crippen LogP contribution >= 0.6 is 11.8 Å². The second-order valence-corrected chi connectivity index (χ2v) is 5.66. The Morgan fingerprint density at radius 2 is 2.09 bits per heavy atom. The number of carboxylic acids is 1. The number of rotatable bonds is 8. The first-order chi connectivity index (χ1) is 10.6. The zero-order valence-electron chi connectivity index (χ0n) is 11.9. The molecule has 0 bridgehead atoms. The second kappa shape index (κ2) is 8.23. The van der Waals surface area contributed by atoms with E-state index in [0.717, 1.165) is 11.4 Å². The molecule has 0 radical (unpaired) electrons. The minimum absolute atomic E-state index is 0.194. The van der Waals surface area contributed by atoms with Crippen LogP contribution in [0, 0.1) is 0 Å². The molecule has 0 aliphatic heterocycles. The third-order valence-electron chi connectivity index (χ3n) is 2.94. The maximum Gasteiger partial charge on any atom is 0.326 e. The Balaban J connectivity index is 1.80. The van der Waals surface area contributed by atoms with Crippen molar-refractivity contribution in [3.05, 3.63) is 54.1 Å². The fraction of sp³-hybridized carbons (Fsp3) is 0.267. The lowest BCUT2D eigenvalue weighted by atomic mass is 10.1. The van der Waals surface area contributed by atoms with E-state index in [1.807, 2.05) is 30.3 Å². The first-order valence-electron chi connectivity index (χ1n) is 6.77. The van der Waals surface area contributed by atoms with Crippen LogP contribution in [0.5, 0.6) is 0 Å². The molecule has 1 aromatic heterocycles. The molecular weight excluding hydrogens is 302 g/mol. The number of amides is 1. The van der Waals surface area contributed by atoms with Gasteiger partial charge in [-0.25, -0.2) is 9.78 Å². The van der Waals surface area contributed by atoms with Gasteiger partial charge in [0.15, 0.2) is 0 Å². The molecular formula is C15H17N3O3S. The van der Waals surface area contributed by atoms with E-state index in [-0.39, 0.29) is 18.1 Å². The third kappa shape index (κ3) is 5.25. The van der Waals surface area contributed by atoms with Gasteiger partial charge in [-0.15, -0.1) is 11.8 Å². The Labute approximate surface area is 132 Å². The van der Waals surface area contributed by atoms with Crippen molar-refractivity contribution >= 4 is 23.6 Å². The van der Waals surface area contributed by atoms with E-state index in [0.29, 0.717) is 5.75 Å². The first-order valence-corrected chi connectivity index (χ1v) is 7.92. The molecule has 0 unspecified atom stereocenters. The Morgan fingerprint density at radius 1 is 1.32 bits per heavy atom. The highest BCUT2D eigenvalue weighted by Crippen LogP contribution is 2.08. The SMILES string of the molecule is O=C(CSCc1ncc[nH]1)N[C@@H](Cc1ccccc1)C(=O)O. The molecule has 116 valence electrons. The summed E-state index contributed by atoms with van der Waals surface area (Å²) >= 11 is 1.38. The van der Waals surface area contributed by atoms with E-state index in [1.165, 1.54) is 11.8 Å². The summed E-state index contributed by atoms with van der Waals surface area (Å²) in [5, 5.41) is 11.8. The van der Waals surface area contributed by atoms with Crippen molar-refractivity contribution in [1.29, 1.82) is 0 Å². The molecule has 1 aromatic carbocycles. The highest BCUT2D eigenvalue weighted by Gasteiger charge is 2.20. The number of aliphatic carboxylic acids is 1. The fourth-order valence-electron chi connectivity index (χ4n) is 1.90. The van der Waals surface area contributed by atoms with Crippen LogP contribution in [0.2, 0.25) is 0 Å². The van der Waals surface area contributed by atoms with Crippen LogP contribution in [-0.4, -0.2) is 38.7 Å². The summed E-state index contributed by atoms with van der Waals surface area (Å²) in [6.07, 6.45) is 3.64. The number of aromatic nitrogens is 2. The molecule has 0 fully saturated rings. The lowest BCUT2D eigenvalue weighted by molar-refractivity contribution is -0.141. The molecule has 1 amide bonds. The van der Waals surface area contributed by atoms with E-state index in [9.17, 15) is 14.7 Å². The van der Waals surface area contributed by atoms with Crippen molar-refractivity contribution in [2.24, 2.45) is 0 Å². The molecule has 22 heavy (non-hydrogen) atoms. The van der Waals surface area contributed by atoms with Gasteiger partial charge in [0.05, 0.1) is 11.5 Å². The van der Waals surface area contributed by atoms with E-state index in [1.54, 1.807) is 12.4 Å². The van der Waals surface area contributed by atoms with Gasteiger partial charge in [-0.05, 0) is 5.56 Å². The van der Waals surface area contributed by atoms with E-state index in [4.69, 9.17) is 0 Å². The van der Waals surface area contributed by atoms with Crippen molar-refractivity contribution in [2.45, 2.75) is 18.2 Å². The zero-order chi connectivity index (χ0) is 15.8. The molecule has 0 saturated carbocycles. The Morgan fingerprint density at radius 3 is 2.73 bits per heavy atom. The highest BCUT2D eigenvalue weighted by molar-refractivity contribution is 7.99. The van der Waals surface area contributed by atoms with Crippen molar-refractivity contribution in [3.8, 4) is 0 Å². The Bertz CT molecular complexity index is 602. The summed E-state index contributed by atoms with van der Waals surface area (Å²) < 4.78 is 0. The van der Waals surface area contributed by atoms with Crippen molar-refractivity contribution < 1.29 is 14.7 Å². The number of benzene rings is 1. The molecule has 0 aliphatic carbocycles. The van der Waals surface area contributed by atoms with Crippen LogP contribution in [0.15, 0.2) is 42.7 Å². The van der Waals surface area contributed by atoms with Crippen molar-refractivity contribution in [1.82, 2.24) is 15.3 Å². The number of imidazole rings is 1. The van der Waals surface area contributed by atoms with Gasteiger partial charge in [-0.1, -0.05) is 30.3 Å². The number of carbonyl (C=O) groups excluding carboxylic acids is 1. The van der Waals surface area contributed by atoms with E-state index in [2.05, 4.69) is 15.3 Å². The average Bonchev–Trinajstić information content (AvgIpc) is 3.01. The molecule has 6 nitrogen and oxygen atoms in total. The van der Waals surface area contributed by atoms with Gasteiger partial charge in [0.1, 0.15) is 11.9 Å². The van der Waals surface area contributed by atoms with E-state index < -0.39 is 12.0 Å². The van der Waals surface area contributed by atoms with Crippen molar-refractivity contribution in [3.63, 3.8) is 0 Å². The molecule has 3 N–H and O–H groups in total. The number of thioether (sulfide) groups is 1. The summed E-state index contributed by atoms with van der Waals surface area (Å²) in [6, 6.07) is 8.31. The number of hydrogen-bond acceptors (Lipinski definition) is 4. The van der Waals surface area contributed by atoms with Gasteiger partial charge in [0, 0.05) is 18.8 Å². The normalized spacial score (nSPS) is 11.8. The number of nitrogens with one attached hydrogen (secondary N) is 2. The molecule has 2 aromatic rings. The van der Waals surface area contributed by atoms with Crippen LogP contribution in [0.25, 0.3) is 0 Å². The first kappa shape index (κ1) is 16.1. The number of hydrogen-bond donors (Lipinski definition) is 3. The van der Waals surface area contributed by atoms with Gasteiger partial charge >= 0.3 is 5.97 Å². The number of nitrogens with zero attached hydrogens (tertiary/aromatic N) is 1. The van der Waals surface area contributed by atoms with Crippen LogP contribution in [0.3, 0.4) is 0 Å². The average molecular weight is 319 g/mol. The largest absolute Gasteiger partial charge is 0.480 e. The zero-order valence-corrected chi connectivity index (χ0v) is 12.7. The lowest BCUT2D eigenvalue weighted by Gasteiger charge is -2.14. The smallest absolute Gasteiger partial charge is 0.326 e. The van der Waals surface area contributed by atoms with E-state index >= 15 is 0 Å². The standard InChI is InChI=1S/C15H17N3O3S/c19-14(10-22-9-13-16-6-7-17-13)18-12(15(20)21)8-11-4-2-1-3-5-11/h1-7,12H,8-10H2,(H,16,17)(H,18,19)(H,20,21)/t12-/m0/s1. The number of carbonyl (C=O) groups is 2. The van der Waals surface area contributed by atoms with Gasteiger partial charge in [0.2, 0.25) is 5.91 Å². The molecule has 0 aliphatic rings. The van der Waals surface area contributed by atoms with Crippen LogP contribution < -0.4 is 5.32 Å². The lowest BCUT2D eigenvalue weighted by Crippen LogP contribution is -2.43. The highest BCUT2D eigenvalue weighted by atomic mass is 32.2. The topological polar surface area (TPSA) is 95.1 Å². The maximum atomic E-state index is 11.9. The summed E-state index contributed by atoms with van der Waals surface area (Å²) in [7, 11) is 0. The fourth-order valence-corrected chi connectivity index (χ4v) is 2.63. The summed E-state index contributed by atoms with van der Waals surface area (Å²) in [4.78, 5) is 30.1. The molecule has 0 saturated heterocycles. The number of aromatic amines is 1. The maximum absolute atomic E-state index is 11.9. The van der Waals surface area contributed by atoms with Crippen LogP contribution in [-0.2, 0) is 21.8 Å². The minimum Gasteiger partial charge on any atom is -0.480 e. The summed E-state index contributed by atoms with van der Waals surface area (Å²) in [5.41, 5.74) is 0.874. The molecule has 7 heteroatoms. The monoisotopic (exact) mass is 319 g/mol. The van der Waals surface area contributed by atoms with Gasteiger partial charge in [-0.3, -0.25) is 4.79 Å². The van der Waals surface area contributed by atoms with Gasteiger partial charge < -0.3 is 15.4 Å². The molecule has 0 spiro atoms. The summed E-state index contributed by atoms with van der Waals surface area (Å²) in [6.45, 7) is 0. The minimum atomic E-state index is -1.03. The summed E-state index contributed by atoms with van der Waals surface area (Å²) in [5.74, 6) is 0.237. The third-order valence-corrected chi connectivity index (χ3v) is 3.89. The quantitative estimate of drug-likeness (QED) is 0.684. The van der Waals surface area contributed by atoms with Crippen LogP contribution in [0.4, 0.5) is 0 Å². The second-order valence-electron chi connectivity index (χ2n) is 4.68. The Kier molecular flexibility index (Phi) is 6.02. The number of carboxylic acid groups (broad SMARTS) is 1. The van der Waals surface area contributed by atoms with Crippen LogP contribution in [0.1, 0.15) is 11.4 Å².